The molecule has 0 aliphatic carbocycles. The first kappa shape index (κ1) is 21.9. The van der Waals surface area contributed by atoms with Crippen molar-refractivity contribution in [2.24, 2.45) is 0 Å². The molecule has 0 spiro atoms. The van der Waals surface area contributed by atoms with Crippen molar-refractivity contribution in [3.05, 3.63) is 34.5 Å². The Morgan fingerprint density at radius 2 is 1.97 bits per heavy atom. The number of hydroxylamine groups is 3. The van der Waals surface area contributed by atoms with E-state index in [2.05, 4.69) is 27.9 Å². The lowest BCUT2D eigenvalue weighted by Gasteiger charge is -2.42. The summed E-state index contributed by atoms with van der Waals surface area (Å²) < 4.78 is -1.24. The molecule has 2 fully saturated rings. The Labute approximate surface area is 182 Å². The van der Waals surface area contributed by atoms with Crippen LogP contribution in [0.4, 0.5) is 5.69 Å². The van der Waals surface area contributed by atoms with E-state index in [-0.39, 0.29) is 19.4 Å². The molecule has 0 radical (unpaired) electrons. The van der Waals surface area contributed by atoms with Gasteiger partial charge in [-0.05, 0) is 58.1 Å². The van der Waals surface area contributed by atoms with Gasteiger partial charge < -0.3 is 20.7 Å². The number of hydrogen-bond acceptors (Lipinski definition) is 7. The highest BCUT2D eigenvalue weighted by molar-refractivity contribution is 6.02. The Hall–Kier alpha value is -2.33. The van der Waals surface area contributed by atoms with Gasteiger partial charge in [0.2, 0.25) is 5.91 Å². The standard InChI is InChI=1S/C22H31N5O4/c1-26(15-8-11-23-12-9-15)13-3-10-24-18-5-2-4-16-17(18)14-27(31,22(16)30)19-6-7-20(28)25-21(19)29/h2,4-5,15,19,23-24H,3,6-14H2,1H3,(H,25,28,29). The smallest absolute Gasteiger partial charge is 0.347 e. The zero-order valence-electron chi connectivity index (χ0n) is 18.0. The van der Waals surface area contributed by atoms with E-state index in [1.807, 2.05) is 6.07 Å². The van der Waals surface area contributed by atoms with Crippen molar-refractivity contribution >= 4 is 23.4 Å². The molecular formula is C22H31N5O4. The van der Waals surface area contributed by atoms with Gasteiger partial charge in [-0.25, -0.2) is 4.79 Å². The van der Waals surface area contributed by atoms with Crippen LogP contribution in [0.2, 0.25) is 0 Å². The lowest BCUT2D eigenvalue weighted by atomic mass is 10.0. The van der Waals surface area contributed by atoms with Gasteiger partial charge in [0.25, 0.3) is 5.91 Å². The molecule has 3 N–H and O–H groups in total. The third-order valence-corrected chi connectivity index (χ3v) is 6.79. The monoisotopic (exact) mass is 429 g/mol. The highest BCUT2D eigenvalue weighted by Gasteiger charge is 2.50. The van der Waals surface area contributed by atoms with E-state index in [1.54, 1.807) is 12.1 Å². The minimum Gasteiger partial charge on any atom is -0.624 e. The summed E-state index contributed by atoms with van der Waals surface area (Å²) in [6, 6.07) is 4.83. The number of rotatable bonds is 7. The second-order valence-electron chi connectivity index (χ2n) is 8.80. The first-order valence-electron chi connectivity index (χ1n) is 11.1. The summed E-state index contributed by atoms with van der Waals surface area (Å²) in [4.78, 5) is 39.1. The topological polar surface area (TPSA) is 114 Å². The number of benzene rings is 1. The van der Waals surface area contributed by atoms with Crippen molar-refractivity contribution in [1.82, 2.24) is 15.5 Å². The van der Waals surface area contributed by atoms with Crippen molar-refractivity contribution in [2.45, 2.75) is 50.7 Å². The quantitative estimate of drug-likeness (QED) is 0.256. The summed E-state index contributed by atoms with van der Waals surface area (Å²) in [5.41, 5.74) is 1.81. The van der Waals surface area contributed by atoms with Crippen LogP contribution in [0.3, 0.4) is 0 Å². The molecule has 168 valence electrons. The number of piperidine rings is 2. The fraction of sp³-hybridized carbons (Fsp3) is 0.591. The number of amides is 3. The Morgan fingerprint density at radius 3 is 2.71 bits per heavy atom. The number of nitrogens with one attached hydrogen (secondary N) is 3. The van der Waals surface area contributed by atoms with Gasteiger partial charge >= 0.3 is 5.91 Å². The third-order valence-electron chi connectivity index (χ3n) is 6.79. The van der Waals surface area contributed by atoms with Crippen LogP contribution in [0.25, 0.3) is 0 Å². The Morgan fingerprint density at radius 1 is 1.19 bits per heavy atom. The van der Waals surface area contributed by atoms with Gasteiger partial charge in [0, 0.05) is 36.7 Å². The van der Waals surface area contributed by atoms with E-state index in [0.29, 0.717) is 17.2 Å². The number of fused-ring (bicyclic) bond motifs is 1. The van der Waals surface area contributed by atoms with Crippen molar-refractivity contribution in [3.63, 3.8) is 0 Å². The van der Waals surface area contributed by atoms with Gasteiger partial charge in [-0.2, -0.15) is 0 Å². The van der Waals surface area contributed by atoms with Gasteiger partial charge in [0.1, 0.15) is 6.54 Å². The fourth-order valence-electron chi connectivity index (χ4n) is 4.95. The molecule has 2 saturated heterocycles. The number of nitrogens with zero attached hydrogens (tertiary/aromatic N) is 2. The van der Waals surface area contributed by atoms with E-state index in [9.17, 15) is 19.6 Å². The SMILES string of the molecule is CN(CCCNc1cccc2c1C[N+]([O-])(C1CCC(=O)NC1=O)C2=O)C1CCNCC1. The van der Waals surface area contributed by atoms with Gasteiger partial charge in [-0.3, -0.25) is 19.6 Å². The number of carbonyl (C=O) groups is 3. The van der Waals surface area contributed by atoms with Crippen LogP contribution in [0.15, 0.2) is 18.2 Å². The minimum absolute atomic E-state index is 0.0813. The van der Waals surface area contributed by atoms with E-state index < -0.39 is 28.4 Å². The van der Waals surface area contributed by atoms with Crippen LogP contribution in [0.5, 0.6) is 0 Å². The maximum Gasteiger partial charge on any atom is 0.347 e. The van der Waals surface area contributed by atoms with E-state index in [1.165, 1.54) is 12.8 Å². The summed E-state index contributed by atoms with van der Waals surface area (Å²) in [6.45, 7) is 3.76. The van der Waals surface area contributed by atoms with Crippen molar-refractivity contribution in [1.29, 1.82) is 0 Å². The number of imide groups is 1. The summed E-state index contributed by atoms with van der Waals surface area (Å²) in [7, 11) is 2.16. The minimum atomic E-state index is -1.24. The zero-order chi connectivity index (χ0) is 22.0. The summed E-state index contributed by atoms with van der Waals surface area (Å²) in [5.74, 6) is -1.64. The fourth-order valence-corrected chi connectivity index (χ4v) is 4.95. The highest BCUT2D eigenvalue weighted by Crippen LogP contribution is 2.37. The first-order chi connectivity index (χ1) is 14.9. The predicted molar refractivity (Wildman–Crippen MR) is 116 cm³/mol. The normalized spacial score (nSPS) is 26.8. The molecule has 3 heterocycles. The molecule has 0 saturated carbocycles. The molecule has 3 aliphatic heterocycles. The van der Waals surface area contributed by atoms with Gasteiger partial charge in [-0.1, -0.05) is 6.07 Å². The lowest BCUT2D eigenvalue weighted by Crippen LogP contribution is -2.60. The summed E-state index contributed by atoms with van der Waals surface area (Å²) in [5, 5.41) is 22.5. The third kappa shape index (κ3) is 4.36. The Bertz CT molecular complexity index is 869. The van der Waals surface area contributed by atoms with Crippen LogP contribution in [-0.4, -0.2) is 72.6 Å². The molecule has 1 aromatic carbocycles. The number of hydrogen-bond donors (Lipinski definition) is 3. The summed E-state index contributed by atoms with van der Waals surface area (Å²) in [6.07, 6.45) is 3.46. The average Bonchev–Trinajstić information content (AvgIpc) is 3.03. The van der Waals surface area contributed by atoms with Crippen molar-refractivity contribution < 1.29 is 19.0 Å². The molecule has 4 rings (SSSR count). The zero-order valence-corrected chi connectivity index (χ0v) is 18.0. The molecular weight excluding hydrogens is 398 g/mol. The van der Waals surface area contributed by atoms with Crippen LogP contribution in [-0.2, 0) is 16.1 Å². The van der Waals surface area contributed by atoms with Gasteiger partial charge in [0.05, 0.1) is 5.56 Å². The summed E-state index contributed by atoms with van der Waals surface area (Å²) >= 11 is 0. The van der Waals surface area contributed by atoms with Crippen LogP contribution < -0.4 is 16.0 Å². The molecule has 2 unspecified atom stereocenters. The van der Waals surface area contributed by atoms with Crippen molar-refractivity contribution in [3.8, 4) is 0 Å². The largest absolute Gasteiger partial charge is 0.624 e. The van der Waals surface area contributed by atoms with Crippen LogP contribution >= 0.6 is 0 Å². The highest BCUT2D eigenvalue weighted by atomic mass is 16.6. The average molecular weight is 430 g/mol. The molecule has 0 aromatic heterocycles. The molecule has 3 amide bonds. The second kappa shape index (κ2) is 9.04. The van der Waals surface area contributed by atoms with Crippen LogP contribution in [0, 0.1) is 5.21 Å². The molecule has 2 atom stereocenters. The Balaban J connectivity index is 1.38. The maximum absolute atomic E-state index is 13.5. The number of carbonyl (C=O) groups excluding carboxylic acids is 3. The molecule has 9 nitrogen and oxygen atoms in total. The molecule has 0 bridgehead atoms. The maximum atomic E-state index is 13.5. The Kier molecular flexibility index (Phi) is 6.38. The molecule has 9 heteroatoms. The van der Waals surface area contributed by atoms with E-state index in [0.717, 1.165) is 38.3 Å². The first-order valence-corrected chi connectivity index (χ1v) is 11.1. The van der Waals surface area contributed by atoms with Gasteiger partial charge in [0.15, 0.2) is 6.04 Å². The predicted octanol–water partition coefficient (Wildman–Crippen LogP) is 0.946. The number of anilines is 1. The van der Waals surface area contributed by atoms with E-state index >= 15 is 0 Å². The van der Waals surface area contributed by atoms with Gasteiger partial charge in [-0.15, -0.1) is 0 Å². The second-order valence-corrected chi connectivity index (χ2v) is 8.80. The van der Waals surface area contributed by atoms with E-state index in [4.69, 9.17) is 0 Å². The molecule has 1 aromatic rings. The number of quaternary nitrogens is 1. The lowest BCUT2D eigenvalue weighted by molar-refractivity contribution is -0.825. The molecule has 3 aliphatic rings. The van der Waals surface area contributed by atoms with Crippen LogP contribution in [0.1, 0.15) is 48.0 Å². The van der Waals surface area contributed by atoms with Crippen molar-refractivity contribution in [2.75, 3.05) is 38.5 Å². The molecule has 31 heavy (non-hydrogen) atoms.